The fourth-order valence-corrected chi connectivity index (χ4v) is 2.83. The van der Waals surface area contributed by atoms with E-state index in [1.165, 1.54) is 29.5 Å². The van der Waals surface area contributed by atoms with Crippen LogP contribution in [-0.2, 0) is 4.79 Å². The predicted octanol–water partition coefficient (Wildman–Crippen LogP) is 5.25. The molecule has 0 atom stereocenters. The van der Waals surface area contributed by atoms with E-state index >= 15 is 0 Å². The molecular formula is C18H12ClFN2OS. The highest BCUT2D eigenvalue weighted by Crippen LogP contribution is 2.25. The van der Waals surface area contributed by atoms with Gasteiger partial charge in [0.2, 0.25) is 5.91 Å². The van der Waals surface area contributed by atoms with Crippen LogP contribution in [0, 0.1) is 5.82 Å². The van der Waals surface area contributed by atoms with Crippen LogP contribution in [0.4, 0.5) is 9.52 Å². The molecule has 0 saturated heterocycles. The molecule has 0 fully saturated rings. The number of benzene rings is 2. The molecule has 0 saturated carbocycles. The molecule has 1 amide bonds. The zero-order valence-corrected chi connectivity index (χ0v) is 13.9. The number of carbonyl (C=O) groups is 1. The van der Waals surface area contributed by atoms with E-state index in [9.17, 15) is 9.18 Å². The summed E-state index contributed by atoms with van der Waals surface area (Å²) >= 11 is 7.20. The Bertz CT molecular complexity index is 873. The summed E-state index contributed by atoms with van der Waals surface area (Å²) in [5, 5.41) is 5.74. The Labute approximate surface area is 147 Å². The standard InChI is InChI=1S/C18H12ClFN2OS/c19-14-6-4-13(5-7-14)16-11-24-18(21-16)22-17(23)10-3-12-1-8-15(20)9-2-12/h1-11H,(H,21,22,23)/b10-3-. The molecular weight excluding hydrogens is 347 g/mol. The summed E-state index contributed by atoms with van der Waals surface area (Å²) in [6.45, 7) is 0. The van der Waals surface area contributed by atoms with Gasteiger partial charge in [-0.05, 0) is 35.9 Å². The lowest BCUT2D eigenvalue weighted by atomic mass is 10.2. The van der Waals surface area contributed by atoms with Crippen molar-refractivity contribution < 1.29 is 9.18 Å². The fraction of sp³-hybridized carbons (Fsp3) is 0. The van der Waals surface area contributed by atoms with Gasteiger partial charge < -0.3 is 0 Å². The second kappa shape index (κ2) is 7.38. The Morgan fingerprint density at radius 3 is 2.54 bits per heavy atom. The maximum Gasteiger partial charge on any atom is 0.250 e. The highest BCUT2D eigenvalue weighted by atomic mass is 35.5. The van der Waals surface area contributed by atoms with Crippen molar-refractivity contribution in [1.82, 2.24) is 4.98 Å². The zero-order chi connectivity index (χ0) is 16.9. The second-order valence-electron chi connectivity index (χ2n) is 4.92. The quantitative estimate of drug-likeness (QED) is 0.647. The maximum atomic E-state index is 12.8. The number of hydrogen-bond acceptors (Lipinski definition) is 3. The largest absolute Gasteiger partial charge is 0.298 e. The van der Waals surface area contributed by atoms with Crippen molar-refractivity contribution >= 4 is 40.1 Å². The first kappa shape index (κ1) is 16.4. The molecule has 6 heteroatoms. The third-order valence-electron chi connectivity index (χ3n) is 3.17. The second-order valence-corrected chi connectivity index (χ2v) is 6.21. The molecule has 1 heterocycles. The van der Waals surface area contributed by atoms with Crippen molar-refractivity contribution in [3.05, 3.63) is 76.4 Å². The number of thiazole rings is 1. The summed E-state index contributed by atoms with van der Waals surface area (Å²) in [6, 6.07) is 13.2. The van der Waals surface area contributed by atoms with Crippen molar-refractivity contribution in [1.29, 1.82) is 0 Å². The van der Waals surface area contributed by atoms with E-state index in [1.54, 1.807) is 30.3 Å². The molecule has 1 aromatic heterocycles. The molecule has 0 spiro atoms. The van der Waals surface area contributed by atoms with Gasteiger partial charge >= 0.3 is 0 Å². The number of nitrogens with one attached hydrogen (secondary N) is 1. The monoisotopic (exact) mass is 358 g/mol. The molecule has 0 radical (unpaired) electrons. The van der Waals surface area contributed by atoms with Crippen LogP contribution in [-0.4, -0.2) is 10.9 Å². The molecule has 3 nitrogen and oxygen atoms in total. The van der Waals surface area contributed by atoms with E-state index in [0.29, 0.717) is 10.2 Å². The molecule has 1 N–H and O–H groups in total. The number of amides is 1. The van der Waals surface area contributed by atoms with Gasteiger partial charge in [-0.2, -0.15) is 0 Å². The topological polar surface area (TPSA) is 42.0 Å². The van der Waals surface area contributed by atoms with Crippen LogP contribution in [0.1, 0.15) is 5.56 Å². The summed E-state index contributed by atoms with van der Waals surface area (Å²) in [7, 11) is 0. The Hall–Kier alpha value is -2.50. The van der Waals surface area contributed by atoms with Gasteiger partial charge in [0, 0.05) is 22.0 Å². The molecule has 0 aliphatic carbocycles. The number of aromatic nitrogens is 1. The lowest BCUT2D eigenvalue weighted by Gasteiger charge is -1.98. The van der Waals surface area contributed by atoms with E-state index < -0.39 is 0 Å². The van der Waals surface area contributed by atoms with Gasteiger partial charge in [-0.1, -0.05) is 35.9 Å². The molecule has 0 aliphatic rings. The van der Waals surface area contributed by atoms with E-state index in [4.69, 9.17) is 11.6 Å². The van der Waals surface area contributed by atoms with Crippen LogP contribution < -0.4 is 5.32 Å². The van der Waals surface area contributed by atoms with Gasteiger partial charge in [0.25, 0.3) is 0 Å². The van der Waals surface area contributed by atoms with Crippen LogP contribution in [0.3, 0.4) is 0 Å². The minimum absolute atomic E-state index is 0.295. The summed E-state index contributed by atoms with van der Waals surface area (Å²) in [4.78, 5) is 16.3. The van der Waals surface area contributed by atoms with Crippen molar-refractivity contribution in [2.24, 2.45) is 0 Å². The zero-order valence-electron chi connectivity index (χ0n) is 12.4. The van der Waals surface area contributed by atoms with Crippen molar-refractivity contribution in [2.45, 2.75) is 0 Å². The smallest absolute Gasteiger partial charge is 0.250 e. The van der Waals surface area contributed by atoms with Crippen molar-refractivity contribution in [3.63, 3.8) is 0 Å². The maximum absolute atomic E-state index is 12.8. The Kier molecular flexibility index (Phi) is 5.03. The van der Waals surface area contributed by atoms with Crippen LogP contribution in [0.5, 0.6) is 0 Å². The average Bonchev–Trinajstić information content (AvgIpc) is 3.03. The molecule has 2 aromatic carbocycles. The number of rotatable bonds is 4. The van der Waals surface area contributed by atoms with Gasteiger partial charge in [0.1, 0.15) is 5.82 Å². The molecule has 0 unspecified atom stereocenters. The number of hydrogen-bond donors (Lipinski definition) is 1. The Morgan fingerprint density at radius 2 is 1.83 bits per heavy atom. The number of carbonyl (C=O) groups excluding carboxylic acids is 1. The first-order valence-corrected chi connectivity index (χ1v) is 8.32. The van der Waals surface area contributed by atoms with Gasteiger partial charge in [0.05, 0.1) is 5.69 Å². The minimum Gasteiger partial charge on any atom is -0.298 e. The van der Waals surface area contributed by atoms with E-state index in [2.05, 4.69) is 10.3 Å². The van der Waals surface area contributed by atoms with Gasteiger partial charge in [0.15, 0.2) is 5.13 Å². The summed E-state index contributed by atoms with van der Waals surface area (Å²) in [5.74, 6) is -0.606. The highest BCUT2D eigenvalue weighted by Gasteiger charge is 2.06. The molecule has 120 valence electrons. The van der Waals surface area contributed by atoms with E-state index in [0.717, 1.165) is 16.8 Å². The molecule has 0 aliphatic heterocycles. The number of nitrogens with zero attached hydrogens (tertiary/aromatic N) is 1. The summed E-state index contributed by atoms with van der Waals surface area (Å²) < 4.78 is 12.8. The average molecular weight is 359 g/mol. The Morgan fingerprint density at radius 1 is 1.12 bits per heavy atom. The first-order chi connectivity index (χ1) is 11.6. The number of halogens is 2. The summed E-state index contributed by atoms with van der Waals surface area (Å²) in [5.41, 5.74) is 2.44. The molecule has 24 heavy (non-hydrogen) atoms. The van der Waals surface area contributed by atoms with Crippen LogP contribution >= 0.6 is 22.9 Å². The highest BCUT2D eigenvalue weighted by molar-refractivity contribution is 7.14. The number of anilines is 1. The third kappa shape index (κ3) is 4.28. The van der Waals surface area contributed by atoms with Gasteiger partial charge in [-0.3, -0.25) is 10.1 Å². The third-order valence-corrected chi connectivity index (χ3v) is 4.18. The fourth-order valence-electron chi connectivity index (χ4n) is 1.98. The van der Waals surface area contributed by atoms with Crippen LogP contribution in [0.2, 0.25) is 5.02 Å². The molecule has 3 aromatic rings. The summed E-state index contributed by atoms with van der Waals surface area (Å²) in [6.07, 6.45) is 3.00. The molecule has 0 bridgehead atoms. The van der Waals surface area contributed by atoms with Crippen molar-refractivity contribution in [2.75, 3.05) is 5.32 Å². The van der Waals surface area contributed by atoms with Gasteiger partial charge in [-0.25, -0.2) is 9.37 Å². The lowest BCUT2D eigenvalue weighted by molar-refractivity contribution is -0.111. The molecule has 3 rings (SSSR count). The van der Waals surface area contributed by atoms with Gasteiger partial charge in [-0.15, -0.1) is 11.3 Å². The van der Waals surface area contributed by atoms with E-state index in [1.807, 2.05) is 17.5 Å². The van der Waals surface area contributed by atoms with Crippen molar-refractivity contribution in [3.8, 4) is 11.3 Å². The Balaban J connectivity index is 1.64. The van der Waals surface area contributed by atoms with Crippen LogP contribution in [0.25, 0.3) is 17.3 Å². The van der Waals surface area contributed by atoms with Crippen LogP contribution in [0.15, 0.2) is 60.0 Å². The lowest BCUT2D eigenvalue weighted by Crippen LogP contribution is -2.07. The minimum atomic E-state index is -0.311. The normalized spacial score (nSPS) is 10.9. The van der Waals surface area contributed by atoms with E-state index in [-0.39, 0.29) is 11.7 Å². The predicted molar refractivity (Wildman–Crippen MR) is 96.6 cm³/mol. The first-order valence-electron chi connectivity index (χ1n) is 7.06. The SMILES string of the molecule is O=C(/C=C\c1ccc(F)cc1)Nc1nc(-c2ccc(Cl)cc2)cs1.